The number of carbonyl (C=O) groups is 1. The lowest BCUT2D eigenvalue weighted by Crippen LogP contribution is -2.33. The van der Waals surface area contributed by atoms with Crippen LogP contribution in [0.4, 0.5) is 11.4 Å². The number of carbonyl (C=O) groups excluding carboxylic acids is 1. The average molecular weight is 458 g/mol. The summed E-state index contributed by atoms with van der Waals surface area (Å²) in [7, 11) is 1.29. The highest BCUT2D eigenvalue weighted by atomic mass is 16.6. The predicted octanol–water partition coefficient (Wildman–Crippen LogP) is 3.99. The molecule has 0 aliphatic carbocycles. The molecule has 0 saturated heterocycles. The highest BCUT2D eigenvalue weighted by Crippen LogP contribution is 2.33. The SMILES string of the molecule is COC(=O)C(N)Cc1ccc(N=C(c2ccccc2)c2c(O)[nH]c3ccc([N+](=O)[O-])cc23)cc1. The van der Waals surface area contributed by atoms with Gasteiger partial charge >= 0.3 is 5.97 Å². The minimum absolute atomic E-state index is 0.0912. The van der Waals surface area contributed by atoms with Crippen LogP contribution in [0.1, 0.15) is 16.7 Å². The molecule has 9 nitrogen and oxygen atoms in total. The molecule has 0 spiro atoms. The van der Waals surface area contributed by atoms with Gasteiger partial charge in [-0.15, -0.1) is 0 Å². The second-order valence-corrected chi connectivity index (χ2v) is 7.66. The zero-order valence-electron chi connectivity index (χ0n) is 18.3. The lowest BCUT2D eigenvalue weighted by atomic mass is 10.0. The first-order valence-electron chi connectivity index (χ1n) is 10.4. The maximum absolute atomic E-state index is 11.6. The third-order valence-corrected chi connectivity index (χ3v) is 5.39. The van der Waals surface area contributed by atoms with Gasteiger partial charge in [0, 0.05) is 28.6 Å². The van der Waals surface area contributed by atoms with Gasteiger partial charge < -0.3 is 20.6 Å². The Balaban J connectivity index is 1.80. The Morgan fingerprint density at radius 2 is 1.85 bits per heavy atom. The highest BCUT2D eigenvalue weighted by Gasteiger charge is 2.21. The van der Waals surface area contributed by atoms with Crippen LogP contribution in [-0.2, 0) is 16.0 Å². The Morgan fingerprint density at radius 3 is 2.50 bits per heavy atom. The molecule has 1 aromatic heterocycles. The number of nitro benzene ring substituents is 1. The third-order valence-electron chi connectivity index (χ3n) is 5.39. The Labute approximate surface area is 194 Å². The first-order valence-corrected chi connectivity index (χ1v) is 10.4. The van der Waals surface area contributed by atoms with Crippen LogP contribution in [0.15, 0.2) is 77.8 Å². The third kappa shape index (κ3) is 4.64. The molecule has 4 N–H and O–H groups in total. The van der Waals surface area contributed by atoms with Gasteiger partial charge in [0.1, 0.15) is 6.04 Å². The van der Waals surface area contributed by atoms with Crippen molar-refractivity contribution in [3.8, 4) is 5.88 Å². The molecule has 4 aromatic rings. The minimum atomic E-state index is -0.766. The minimum Gasteiger partial charge on any atom is -0.494 e. The summed E-state index contributed by atoms with van der Waals surface area (Å²) in [5, 5.41) is 22.5. The summed E-state index contributed by atoms with van der Waals surface area (Å²) in [5.74, 6) is -0.629. The number of non-ortho nitro benzene ring substituents is 1. The summed E-state index contributed by atoms with van der Waals surface area (Å²) in [6.45, 7) is 0. The molecule has 0 saturated carbocycles. The number of nitrogens with one attached hydrogen (secondary N) is 1. The van der Waals surface area contributed by atoms with Crippen molar-refractivity contribution >= 4 is 34.0 Å². The van der Waals surface area contributed by atoms with E-state index in [0.717, 1.165) is 11.1 Å². The maximum atomic E-state index is 11.6. The van der Waals surface area contributed by atoms with E-state index in [2.05, 4.69) is 9.72 Å². The Morgan fingerprint density at radius 1 is 1.15 bits per heavy atom. The van der Waals surface area contributed by atoms with Crippen molar-refractivity contribution < 1.29 is 19.6 Å². The molecule has 1 atom stereocenters. The van der Waals surface area contributed by atoms with Crippen LogP contribution in [0, 0.1) is 10.1 Å². The van der Waals surface area contributed by atoms with Gasteiger partial charge in [0.2, 0.25) is 0 Å². The van der Waals surface area contributed by atoms with Crippen molar-refractivity contribution in [2.75, 3.05) is 7.11 Å². The molecule has 0 amide bonds. The van der Waals surface area contributed by atoms with E-state index in [9.17, 15) is 20.0 Å². The molecule has 34 heavy (non-hydrogen) atoms. The van der Waals surface area contributed by atoms with E-state index in [1.807, 2.05) is 42.5 Å². The van der Waals surface area contributed by atoms with Crippen LogP contribution in [0.5, 0.6) is 5.88 Å². The van der Waals surface area contributed by atoms with E-state index in [-0.39, 0.29) is 11.6 Å². The summed E-state index contributed by atoms with van der Waals surface area (Å²) < 4.78 is 4.67. The number of aliphatic imine (C=N–C) groups is 1. The quantitative estimate of drug-likeness (QED) is 0.165. The van der Waals surface area contributed by atoms with Gasteiger partial charge in [-0.3, -0.25) is 14.9 Å². The average Bonchev–Trinajstić information content (AvgIpc) is 3.18. The van der Waals surface area contributed by atoms with Crippen molar-refractivity contribution in [2.45, 2.75) is 12.5 Å². The molecule has 0 aliphatic heterocycles. The molecule has 0 fully saturated rings. The van der Waals surface area contributed by atoms with Gasteiger partial charge in [-0.05, 0) is 30.2 Å². The molecule has 9 heteroatoms. The van der Waals surface area contributed by atoms with Gasteiger partial charge in [0.05, 0.1) is 29.0 Å². The molecule has 0 bridgehead atoms. The molecule has 1 heterocycles. The van der Waals surface area contributed by atoms with Gasteiger partial charge in [0.25, 0.3) is 5.69 Å². The van der Waals surface area contributed by atoms with Crippen molar-refractivity contribution in [1.29, 1.82) is 0 Å². The number of methoxy groups -OCH3 is 1. The fourth-order valence-corrected chi connectivity index (χ4v) is 3.70. The second kappa shape index (κ2) is 9.55. The smallest absolute Gasteiger partial charge is 0.322 e. The second-order valence-electron chi connectivity index (χ2n) is 7.66. The van der Waals surface area contributed by atoms with Crippen LogP contribution >= 0.6 is 0 Å². The largest absolute Gasteiger partial charge is 0.494 e. The monoisotopic (exact) mass is 458 g/mol. The molecule has 4 rings (SSSR count). The number of H-pyrrole nitrogens is 1. The van der Waals surface area contributed by atoms with E-state index in [0.29, 0.717) is 34.3 Å². The number of rotatable bonds is 7. The summed E-state index contributed by atoms with van der Waals surface area (Å²) in [6.07, 6.45) is 0.315. The van der Waals surface area contributed by atoms with Crippen molar-refractivity contribution in [3.63, 3.8) is 0 Å². The highest BCUT2D eigenvalue weighted by molar-refractivity contribution is 6.22. The van der Waals surface area contributed by atoms with Crippen LogP contribution in [0.2, 0.25) is 0 Å². The number of nitrogens with zero attached hydrogens (tertiary/aromatic N) is 2. The van der Waals surface area contributed by atoms with E-state index >= 15 is 0 Å². The summed E-state index contributed by atoms with van der Waals surface area (Å²) in [4.78, 5) is 30.1. The number of fused-ring (bicyclic) bond motifs is 1. The standard InChI is InChI=1S/C25H22N4O5/c1-34-25(31)20(26)13-15-7-9-17(10-8-15)27-23(16-5-3-2-4-6-16)22-19-14-18(29(32)33)11-12-21(19)28-24(22)30/h2-12,14,20,28,30H,13,26H2,1H3. The molecule has 0 aliphatic rings. The van der Waals surface area contributed by atoms with Gasteiger partial charge in [-0.1, -0.05) is 42.5 Å². The fraction of sp³-hybridized carbons (Fsp3) is 0.120. The van der Waals surface area contributed by atoms with Crippen molar-refractivity contribution in [3.05, 3.63) is 99.6 Å². The van der Waals surface area contributed by atoms with Crippen molar-refractivity contribution in [2.24, 2.45) is 10.7 Å². The number of esters is 1. The number of hydrogen-bond acceptors (Lipinski definition) is 7. The number of nitrogens with two attached hydrogens (primary N) is 1. The topological polar surface area (TPSA) is 144 Å². The van der Waals surface area contributed by atoms with Crippen LogP contribution in [-0.4, -0.2) is 39.8 Å². The van der Waals surface area contributed by atoms with Gasteiger partial charge in [0.15, 0.2) is 5.88 Å². The number of hydrogen-bond donors (Lipinski definition) is 3. The summed E-state index contributed by atoms with van der Waals surface area (Å²) in [6, 6.07) is 20.0. The number of nitro groups is 1. The predicted molar refractivity (Wildman–Crippen MR) is 128 cm³/mol. The summed E-state index contributed by atoms with van der Waals surface area (Å²) >= 11 is 0. The normalized spacial score (nSPS) is 12.5. The lowest BCUT2D eigenvalue weighted by Gasteiger charge is -2.10. The molecule has 3 aromatic carbocycles. The first-order chi connectivity index (χ1) is 16.4. The van der Waals surface area contributed by atoms with Gasteiger partial charge in [-0.2, -0.15) is 0 Å². The molecule has 1 unspecified atom stereocenters. The maximum Gasteiger partial charge on any atom is 0.322 e. The molecule has 0 radical (unpaired) electrons. The number of aromatic nitrogens is 1. The van der Waals surface area contributed by atoms with E-state index < -0.39 is 16.9 Å². The van der Waals surface area contributed by atoms with Crippen LogP contribution in [0.3, 0.4) is 0 Å². The zero-order valence-corrected chi connectivity index (χ0v) is 18.3. The number of ether oxygens (including phenoxy) is 1. The van der Waals surface area contributed by atoms with E-state index in [4.69, 9.17) is 10.7 Å². The Bertz CT molecular complexity index is 1380. The molecular weight excluding hydrogens is 436 g/mol. The summed E-state index contributed by atoms with van der Waals surface area (Å²) in [5.41, 5.74) is 9.26. The fourth-order valence-electron chi connectivity index (χ4n) is 3.70. The van der Waals surface area contributed by atoms with Crippen LogP contribution in [0.25, 0.3) is 10.9 Å². The van der Waals surface area contributed by atoms with Crippen molar-refractivity contribution in [1.82, 2.24) is 4.98 Å². The van der Waals surface area contributed by atoms with E-state index in [1.54, 1.807) is 18.2 Å². The Kier molecular flexibility index (Phi) is 6.37. The van der Waals surface area contributed by atoms with E-state index in [1.165, 1.54) is 19.2 Å². The number of aromatic amines is 1. The molecule has 172 valence electrons. The molecular formula is C25H22N4O5. The number of benzene rings is 3. The number of aromatic hydroxyl groups is 1. The first kappa shape index (κ1) is 22.7. The van der Waals surface area contributed by atoms with Gasteiger partial charge in [-0.25, -0.2) is 4.99 Å². The zero-order chi connectivity index (χ0) is 24.2. The lowest BCUT2D eigenvalue weighted by molar-refractivity contribution is -0.384. The van der Waals surface area contributed by atoms with Crippen LogP contribution < -0.4 is 5.73 Å². The Hall–Kier alpha value is -4.50.